The van der Waals surface area contributed by atoms with E-state index in [1.165, 1.54) is 0 Å². The highest BCUT2D eigenvalue weighted by molar-refractivity contribution is 6.31. The van der Waals surface area contributed by atoms with E-state index in [1.54, 1.807) is 12.1 Å². The number of rotatable bonds is 3. The Bertz CT molecular complexity index is 729. The number of aryl methyl sites for hydroxylation is 1. The predicted octanol–water partition coefficient (Wildman–Crippen LogP) is 3.36. The molecule has 6 atom stereocenters. The third-order valence-electron chi connectivity index (χ3n) is 5.68. The molecular formula is C18H18ClNO3. The first-order valence-electron chi connectivity index (χ1n) is 7.95. The number of hydrogen-bond acceptors (Lipinski definition) is 2. The van der Waals surface area contributed by atoms with Gasteiger partial charge in [-0.05, 0) is 54.7 Å². The Morgan fingerprint density at radius 2 is 1.83 bits per heavy atom. The van der Waals surface area contributed by atoms with E-state index < -0.39 is 17.8 Å². The highest BCUT2D eigenvalue weighted by Crippen LogP contribution is 2.63. The first-order chi connectivity index (χ1) is 11.0. The van der Waals surface area contributed by atoms with E-state index in [1.807, 2.05) is 19.1 Å². The lowest BCUT2D eigenvalue weighted by Gasteiger charge is -2.41. The van der Waals surface area contributed by atoms with Crippen LogP contribution in [0.3, 0.4) is 0 Å². The van der Waals surface area contributed by atoms with E-state index in [0.29, 0.717) is 22.5 Å². The van der Waals surface area contributed by atoms with E-state index in [2.05, 4.69) is 11.4 Å². The summed E-state index contributed by atoms with van der Waals surface area (Å²) in [4.78, 5) is 24.5. The second kappa shape index (κ2) is 5.10. The average molecular weight is 332 g/mol. The van der Waals surface area contributed by atoms with Crippen molar-refractivity contribution in [2.75, 3.05) is 5.32 Å². The van der Waals surface area contributed by atoms with Gasteiger partial charge in [0.05, 0.1) is 11.8 Å². The maximum atomic E-state index is 12.8. The Morgan fingerprint density at radius 3 is 2.43 bits per heavy atom. The molecular weight excluding hydrogens is 314 g/mol. The van der Waals surface area contributed by atoms with E-state index in [-0.39, 0.29) is 17.7 Å². The van der Waals surface area contributed by atoms with Crippen LogP contribution in [0.25, 0.3) is 0 Å². The molecule has 2 N–H and O–H groups in total. The van der Waals surface area contributed by atoms with Gasteiger partial charge in [0.15, 0.2) is 0 Å². The van der Waals surface area contributed by atoms with Gasteiger partial charge in [-0.3, -0.25) is 9.59 Å². The second-order valence-electron chi connectivity index (χ2n) is 6.95. The van der Waals surface area contributed by atoms with Crippen molar-refractivity contribution < 1.29 is 14.7 Å². The van der Waals surface area contributed by atoms with Crippen LogP contribution >= 0.6 is 11.6 Å². The van der Waals surface area contributed by atoms with Gasteiger partial charge in [0.25, 0.3) is 0 Å². The molecule has 23 heavy (non-hydrogen) atoms. The fourth-order valence-electron chi connectivity index (χ4n) is 4.47. The SMILES string of the molecule is Cc1ccc(NC(=O)[C@H]2[C@@H]3C=C[C@H]([C@H]4C[C@H]34)[C@@H]2C(=O)O)cc1Cl. The largest absolute Gasteiger partial charge is 0.481 e. The van der Waals surface area contributed by atoms with Gasteiger partial charge in [-0.2, -0.15) is 0 Å². The number of carboxylic acids is 1. The number of carboxylic acid groups (broad SMARTS) is 1. The fourth-order valence-corrected chi connectivity index (χ4v) is 4.65. The normalized spacial score (nSPS) is 36.4. The number of hydrogen-bond donors (Lipinski definition) is 2. The second-order valence-corrected chi connectivity index (χ2v) is 7.35. The number of carbonyl (C=O) groups excluding carboxylic acids is 1. The zero-order valence-electron chi connectivity index (χ0n) is 12.7. The van der Waals surface area contributed by atoms with Gasteiger partial charge in [0.1, 0.15) is 0 Å². The molecule has 5 rings (SSSR count). The van der Waals surface area contributed by atoms with Crippen LogP contribution in [0.1, 0.15) is 12.0 Å². The fraction of sp³-hybridized carbons (Fsp3) is 0.444. The van der Waals surface area contributed by atoms with Gasteiger partial charge in [-0.1, -0.05) is 29.8 Å². The predicted molar refractivity (Wildman–Crippen MR) is 87.2 cm³/mol. The molecule has 0 unspecified atom stereocenters. The van der Waals surface area contributed by atoms with Gasteiger partial charge in [-0.25, -0.2) is 0 Å². The molecule has 0 saturated heterocycles. The molecule has 1 amide bonds. The number of allylic oxidation sites excluding steroid dienone is 2. The summed E-state index contributed by atoms with van der Waals surface area (Å²) in [6.07, 6.45) is 5.13. The Hall–Kier alpha value is -1.81. The summed E-state index contributed by atoms with van der Waals surface area (Å²) in [6.45, 7) is 1.90. The minimum atomic E-state index is -0.864. The zero-order chi connectivity index (χ0) is 16.3. The van der Waals surface area contributed by atoms with Crippen LogP contribution in [0.15, 0.2) is 30.4 Å². The highest BCUT2D eigenvalue weighted by Gasteiger charge is 2.62. The van der Waals surface area contributed by atoms with Gasteiger partial charge in [0.2, 0.25) is 5.91 Å². The number of amides is 1. The van der Waals surface area contributed by atoms with Crippen molar-refractivity contribution in [2.24, 2.45) is 35.5 Å². The third-order valence-corrected chi connectivity index (χ3v) is 6.09. The number of anilines is 1. The first-order valence-corrected chi connectivity index (χ1v) is 8.33. The zero-order valence-corrected chi connectivity index (χ0v) is 13.5. The number of fused-ring (bicyclic) bond motifs is 1. The summed E-state index contributed by atoms with van der Waals surface area (Å²) in [5.74, 6) is -1.19. The monoisotopic (exact) mass is 331 g/mol. The van der Waals surface area contributed by atoms with Gasteiger partial charge >= 0.3 is 5.97 Å². The Morgan fingerprint density at radius 1 is 1.17 bits per heavy atom. The molecule has 4 nitrogen and oxygen atoms in total. The van der Waals surface area contributed by atoms with E-state index >= 15 is 0 Å². The number of halogens is 1. The molecule has 2 bridgehead atoms. The number of carbonyl (C=O) groups is 2. The topological polar surface area (TPSA) is 66.4 Å². The maximum Gasteiger partial charge on any atom is 0.307 e. The number of nitrogens with one attached hydrogen (secondary N) is 1. The Labute approximate surface area is 139 Å². The molecule has 0 radical (unpaired) electrons. The van der Waals surface area contributed by atoms with Gasteiger partial charge in [-0.15, -0.1) is 0 Å². The van der Waals surface area contributed by atoms with Crippen LogP contribution in [0.2, 0.25) is 5.02 Å². The quantitative estimate of drug-likeness (QED) is 0.835. The van der Waals surface area contributed by atoms with Gasteiger partial charge in [0, 0.05) is 10.7 Å². The lowest BCUT2D eigenvalue weighted by molar-refractivity contribution is -0.152. The first kappa shape index (κ1) is 14.8. The summed E-state index contributed by atoms with van der Waals surface area (Å²) in [5.41, 5.74) is 1.56. The molecule has 1 aromatic carbocycles. The third kappa shape index (κ3) is 2.27. The van der Waals surface area contributed by atoms with Crippen molar-refractivity contribution in [2.45, 2.75) is 13.3 Å². The van der Waals surface area contributed by atoms with Crippen LogP contribution in [0.4, 0.5) is 5.69 Å². The van der Waals surface area contributed by atoms with Crippen molar-refractivity contribution >= 4 is 29.2 Å². The van der Waals surface area contributed by atoms with Crippen molar-refractivity contribution in [3.63, 3.8) is 0 Å². The lowest BCUT2D eigenvalue weighted by atomic mass is 9.62. The molecule has 2 fully saturated rings. The molecule has 0 heterocycles. The van der Waals surface area contributed by atoms with Crippen molar-refractivity contribution in [1.29, 1.82) is 0 Å². The summed E-state index contributed by atoms with van der Waals surface area (Å²) in [7, 11) is 0. The summed E-state index contributed by atoms with van der Waals surface area (Å²) < 4.78 is 0. The van der Waals surface area contributed by atoms with Crippen molar-refractivity contribution in [3.8, 4) is 0 Å². The van der Waals surface area contributed by atoms with Crippen molar-refractivity contribution in [1.82, 2.24) is 0 Å². The standard InChI is InChI=1S/C18H18ClNO3/c1-8-2-3-9(6-14(8)19)20-17(21)15-10-4-5-11(13-7-12(10)13)16(15)18(22)23/h2-6,10-13,15-16H,7H2,1H3,(H,20,21)(H,22,23)/t10-,11-,12-,13-,15+,16+/m1/s1. The molecule has 0 spiro atoms. The molecule has 2 saturated carbocycles. The molecule has 120 valence electrons. The average Bonchev–Trinajstić information content (AvgIpc) is 3.32. The maximum absolute atomic E-state index is 12.8. The molecule has 1 aromatic rings. The van der Waals surface area contributed by atoms with Gasteiger partial charge < -0.3 is 10.4 Å². The van der Waals surface area contributed by atoms with Crippen LogP contribution in [0.5, 0.6) is 0 Å². The Balaban J connectivity index is 1.60. The number of benzene rings is 1. The molecule has 0 aromatic heterocycles. The Kier molecular flexibility index (Phi) is 3.27. The summed E-state index contributed by atoms with van der Waals surface area (Å²) >= 11 is 6.10. The van der Waals surface area contributed by atoms with E-state index in [4.69, 9.17) is 11.6 Å². The summed E-state index contributed by atoms with van der Waals surface area (Å²) in [5, 5.41) is 13.1. The van der Waals surface area contributed by atoms with Crippen molar-refractivity contribution in [3.05, 3.63) is 40.9 Å². The molecule has 5 heteroatoms. The van der Waals surface area contributed by atoms with E-state index in [0.717, 1.165) is 12.0 Å². The van der Waals surface area contributed by atoms with Crippen LogP contribution in [-0.4, -0.2) is 17.0 Å². The molecule has 0 aliphatic heterocycles. The van der Waals surface area contributed by atoms with Crippen LogP contribution in [0, 0.1) is 42.4 Å². The minimum absolute atomic E-state index is 0.000134. The number of aliphatic carboxylic acids is 1. The van der Waals surface area contributed by atoms with E-state index in [9.17, 15) is 14.7 Å². The molecule has 4 aliphatic carbocycles. The van der Waals surface area contributed by atoms with Crippen LogP contribution in [-0.2, 0) is 9.59 Å². The smallest absolute Gasteiger partial charge is 0.307 e. The lowest BCUT2D eigenvalue weighted by Crippen LogP contribution is -2.48. The van der Waals surface area contributed by atoms with Crippen LogP contribution < -0.4 is 5.32 Å². The minimum Gasteiger partial charge on any atom is -0.481 e. The highest BCUT2D eigenvalue weighted by atomic mass is 35.5. The summed E-state index contributed by atoms with van der Waals surface area (Å²) in [6, 6.07) is 5.35. The molecule has 4 aliphatic rings.